The summed E-state index contributed by atoms with van der Waals surface area (Å²) >= 11 is 6.40. The van der Waals surface area contributed by atoms with Gasteiger partial charge in [-0.15, -0.1) is 0 Å². The first-order chi connectivity index (χ1) is 11.8. The third-order valence-corrected chi connectivity index (χ3v) is 4.29. The van der Waals surface area contributed by atoms with E-state index in [1.165, 1.54) is 5.56 Å². The molecule has 0 amide bonds. The average molecular weight is 334 g/mol. The zero-order chi connectivity index (χ0) is 16.4. The number of fused-ring (bicyclic) bond motifs is 1. The lowest BCUT2D eigenvalue weighted by Gasteiger charge is -2.09. The summed E-state index contributed by atoms with van der Waals surface area (Å²) in [5, 5.41) is 4.22. The number of hydrogen-bond acceptors (Lipinski definition) is 2. The Balaban J connectivity index is 1.80. The second-order valence-electron chi connectivity index (χ2n) is 5.56. The monoisotopic (exact) mass is 333 g/mol. The van der Waals surface area contributed by atoms with E-state index in [4.69, 9.17) is 16.6 Å². The van der Waals surface area contributed by atoms with Crippen molar-refractivity contribution in [2.45, 2.75) is 6.54 Å². The highest BCUT2D eigenvalue weighted by atomic mass is 35.5. The Morgan fingerprint density at radius 3 is 2.46 bits per heavy atom. The van der Waals surface area contributed by atoms with Crippen molar-refractivity contribution < 1.29 is 0 Å². The fourth-order valence-corrected chi connectivity index (χ4v) is 3.01. The Morgan fingerprint density at radius 1 is 0.875 bits per heavy atom. The van der Waals surface area contributed by atoms with Crippen LogP contribution in [-0.4, -0.2) is 9.38 Å². The van der Waals surface area contributed by atoms with Gasteiger partial charge in [-0.05, 0) is 23.8 Å². The topological polar surface area (TPSA) is 29.3 Å². The molecule has 1 N–H and O–H groups in total. The molecule has 0 saturated heterocycles. The van der Waals surface area contributed by atoms with Crippen LogP contribution in [0.25, 0.3) is 16.9 Å². The Hall–Kier alpha value is -2.78. The summed E-state index contributed by atoms with van der Waals surface area (Å²) in [6, 6.07) is 24.1. The number of hydrogen-bond donors (Lipinski definition) is 1. The fraction of sp³-hybridized carbons (Fsp3) is 0.0500. The molecule has 0 radical (unpaired) electrons. The predicted molar refractivity (Wildman–Crippen MR) is 99.4 cm³/mol. The number of pyridine rings is 1. The molecule has 2 aromatic carbocycles. The third-order valence-electron chi connectivity index (χ3n) is 3.96. The summed E-state index contributed by atoms with van der Waals surface area (Å²) in [6.07, 6.45) is 2.01. The van der Waals surface area contributed by atoms with Gasteiger partial charge >= 0.3 is 0 Å². The van der Waals surface area contributed by atoms with Crippen molar-refractivity contribution in [3.8, 4) is 11.3 Å². The highest BCUT2D eigenvalue weighted by Crippen LogP contribution is 2.33. The summed E-state index contributed by atoms with van der Waals surface area (Å²) in [5.41, 5.74) is 3.90. The third kappa shape index (κ3) is 2.74. The molecule has 0 aliphatic rings. The van der Waals surface area contributed by atoms with Crippen LogP contribution in [0.3, 0.4) is 0 Å². The maximum atomic E-state index is 6.40. The van der Waals surface area contributed by atoms with E-state index < -0.39 is 0 Å². The van der Waals surface area contributed by atoms with Gasteiger partial charge in [0.25, 0.3) is 0 Å². The molecular formula is C20H16ClN3. The van der Waals surface area contributed by atoms with Gasteiger partial charge in [-0.2, -0.15) is 0 Å². The van der Waals surface area contributed by atoms with Crippen LogP contribution >= 0.6 is 11.6 Å². The zero-order valence-corrected chi connectivity index (χ0v) is 13.7. The molecule has 2 heterocycles. The molecular weight excluding hydrogens is 318 g/mol. The van der Waals surface area contributed by atoms with E-state index in [2.05, 4.69) is 21.9 Å². The first-order valence-electron chi connectivity index (χ1n) is 7.83. The second-order valence-corrected chi connectivity index (χ2v) is 5.96. The van der Waals surface area contributed by atoms with E-state index in [9.17, 15) is 0 Å². The molecule has 118 valence electrons. The molecule has 0 atom stereocenters. The normalized spacial score (nSPS) is 10.9. The van der Waals surface area contributed by atoms with Gasteiger partial charge in [0.15, 0.2) is 0 Å². The van der Waals surface area contributed by atoms with Crippen molar-refractivity contribution in [3.63, 3.8) is 0 Å². The van der Waals surface area contributed by atoms with Gasteiger partial charge in [0, 0.05) is 18.3 Å². The SMILES string of the molecule is Clc1ccccc1-c1nc2ccccn2c1NCc1ccccc1. The molecule has 0 aliphatic heterocycles. The van der Waals surface area contributed by atoms with E-state index in [1.807, 2.05) is 66.9 Å². The first-order valence-corrected chi connectivity index (χ1v) is 8.20. The van der Waals surface area contributed by atoms with Crippen LogP contribution < -0.4 is 5.32 Å². The molecule has 0 saturated carbocycles. The number of rotatable bonds is 4. The number of imidazole rings is 1. The van der Waals surface area contributed by atoms with Gasteiger partial charge in [-0.25, -0.2) is 4.98 Å². The van der Waals surface area contributed by atoms with E-state index >= 15 is 0 Å². The molecule has 4 heteroatoms. The Bertz CT molecular complexity index is 977. The number of nitrogens with one attached hydrogen (secondary N) is 1. The van der Waals surface area contributed by atoms with Crippen molar-refractivity contribution >= 4 is 23.1 Å². The number of halogens is 1. The van der Waals surface area contributed by atoms with E-state index in [1.54, 1.807) is 0 Å². The van der Waals surface area contributed by atoms with Crippen LogP contribution in [0.2, 0.25) is 5.02 Å². The summed E-state index contributed by atoms with van der Waals surface area (Å²) in [5.74, 6) is 0.947. The Labute approximate surface area is 145 Å². The van der Waals surface area contributed by atoms with E-state index in [-0.39, 0.29) is 0 Å². The average Bonchev–Trinajstić information content (AvgIpc) is 2.99. The quantitative estimate of drug-likeness (QED) is 0.551. The Kier molecular flexibility index (Phi) is 3.93. The molecule has 4 rings (SSSR count). The van der Waals surface area contributed by atoms with Gasteiger partial charge in [0.2, 0.25) is 0 Å². The van der Waals surface area contributed by atoms with Crippen LogP contribution in [-0.2, 0) is 6.54 Å². The van der Waals surface area contributed by atoms with Gasteiger partial charge in [-0.1, -0.05) is 66.2 Å². The summed E-state index contributed by atoms with van der Waals surface area (Å²) in [7, 11) is 0. The number of benzene rings is 2. The minimum absolute atomic E-state index is 0.698. The molecule has 0 bridgehead atoms. The maximum Gasteiger partial charge on any atom is 0.139 e. The number of anilines is 1. The van der Waals surface area contributed by atoms with Crippen LogP contribution in [0.1, 0.15) is 5.56 Å². The number of nitrogens with zero attached hydrogens (tertiary/aromatic N) is 2. The van der Waals surface area contributed by atoms with E-state index in [0.717, 1.165) is 29.3 Å². The van der Waals surface area contributed by atoms with Gasteiger partial charge < -0.3 is 5.32 Å². The first kappa shape index (κ1) is 14.8. The maximum absolute atomic E-state index is 6.40. The van der Waals surface area contributed by atoms with Crippen LogP contribution in [0, 0.1) is 0 Å². The molecule has 4 aromatic rings. The number of aromatic nitrogens is 2. The highest BCUT2D eigenvalue weighted by molar-refractivity contribution is 6.33. The van der Waals surface area contributed by atoms with Crippen molar-refractivity contribution in [1.29, 1.82) is 0 Å². The molecule has 0 fully saturated rings. The van der Waals surface area contributed by atoms with Crippen molar-refractivity contribution in [3.05, 3.63) is 89.6 Å². The van der Waals surface area contributed by atoms with Crippen molar-refractivity contribution in [2.75, 3.05) is 5.32 Å². The lowest BCUT2D eigenvalue weighted by molar-refractivity contribution is 1.08. The summed E-state index contributed by atoms with van der Waals surface area (Å²) in [6.45, 7) is 0.723. The minimum atomic E-state index is 0.698. The Morgan fingerprint density at radius 2 is 1.62 bits per heavy atom. The lowest BCUT2D eigenvalue weighted by Crippen LogP contribution is -2.03. The van der Waals surface area contributed by atoms with Crippen LogP contribution in [0.5, 0.6) is 0 Å². The van der Waals surface area contributed by atoms with Crippen molar-refractivity contribution in [1.82, 2.24) is 9.38 Å². The summed E-state index contributed by atoms with van der Waals surface area (Å²) < 4.78 is 2.06. The zero-order valence-electron chi connectivity index (χ0n) is 13.0. The second kappa shape index (κ2) is 6.38. The largest absolute Gasteiger partial charge is 0.365 e. The van der Waals surface area contributed by atoms with E-state index in [0.29, 0.717) is 5.02 Å². The fourth-order valence-electron chi connectivity index (χ4n) is 2.79. The standard InChI is InChI=1S/C20H16ClN3/c21-17-11-5-4-10-16(17)19-20(22-14-15-8-2-1-3-9-15)24-13-7-6-12-18(24)23-19/h1-13,22H,14H2. The highest BCUT2D eigenvalue weighted by Gasteiger charge is 2.15. The minimum Gasteiger partial charge on any atom is -0.365 e. The van der Waals surface area contributed by atoms with Crippen molar-refractivity contribution in [2.24, 2.45) is 0 Å². The van der Waals surface area contributed by atoms with Gasteiger partial charge in [-0.3, -0.25) is 4.40 Å². The van der Waals surface area contributed by atoms with Gasteiger partial charge in [0.05, 0.1) is 5.02 Å². The van der Waals surface area contributed by atoms with Crippen LogP contribution in [0.4, 0.5) is 5.82 Å². The predicted octanol–water partition coefficient (Wildman–Crippen LogP) is 5.27. The molecule has 0 spiro atoms. The molecule has 0 aliphatic carbocycles. The smallest absolute Gasteiger partial charge is 0.139 e. The van der Waals surface area contributed by atoms with Crippen LogP contribution in [0.15, 0.2) is 79.0 Å². The molecule has 2 aromatic heterocycles. The molecule has 0 unspecified atom stereocenters. The molecule has 3 nitrogen and oxygen atoms in total. The summed E-state index contributed by atoms with van der Waals surface area (Å²) in [4.78, 5) is 4.77. The van der Waals surface area contributed by atoms with Gasteiger partial charge in [0.1, 0.15) is 17.2 Å². The lowest BCUT2D eigenvalue weighted by atomic mass is 10.1. The molecule has 24 heavy (non-hydrogen) atoms.